The monoisotopic (exact) mass is 253 g/mol. The summed E-state index contributed by atoms with van der Waals surface area (Å²) in [5.74, 6) is -0.103. The van der Waals surface area contributed by atoms with Gasteiger partial charge < -0.3 is 10.2 Å². The van der Waals surface area contributed by atoms with Crippen molar-refractivity contribution in [2.45, 2.75) is 26.8 Å². The summed E-state index contributed by atoms with van der Waals surface area (Å²) in [6, 6.07) is 0. The van der Waals surface area contributed by atoms with E-state index in [2.05, 4.69) is 10.3 Å². The number of thiazole rings is 1. The van der Waals surface area contributed by atoms with Crippen LogP contribution in [0.3, 0.4) is 0 Å². The highest BCUT2D eigenvalue weighted by molar-refractivity contribution is 7.11. The Balaban J connectivity index is 2.06. The van der Waals surface area contributed by atoms with E-state index in [9.17, 15) is 9.59 Å². The van der Waals surface area contributed by atoms with Gasteiger partial charge in [-0.25, -0.2) is 4.98 Å². The highest BCUT2D eigenvalue weighted by Crippen LogP contribution is 2.18. The average molecular weight is 253 g/mol. The zero-order chi connectivity index (χ0) is 12.4. The molecule has 0 atom stereocenters. The molecule has 0 unspecified atom stereocenters. The molecule has 17 heavy (non-hydrogen) atoms. The van der Waals surface area contributed by atoms with Crippen molar-refractivity contribution in [3.8, 4) is 0 Å². The molecule has 2 rings (SSSR count). The summed E-state index contributed by atoms with van der Waals surface area (Å²) >= 11 is 1.61. The first-order valence-corrected chi connectivity index (χ1v) is 6.35. The minimum Gasteiger partial charge on any atom is -0.347 e. The number of hydrogen-bond acceptors (Lipinski definition) is 4. The van der Waals surface area contributed by atoms with Crippen LogP contribution in [0.4, 0.5) is 0 Å². The van der Waals surface area contributed by atoms with E-state index in [1.165, 1.54) is 4.88 Å². The summed E-state index contributed by atoms with van der Waals surface area (Å²) in [7, 11) is 0. The van der Waals surface area contributed by atoms with E-state index in [1.807, 2.05) is 13.8 Å². The number of nitrogens with one attached hydrogen (secondary N) is 1. The SMILES string of the molecule is Cc1nc(CN2CCC(=O)NCC2=O)sc1C. The second-order valence-corrected chi connectivity index (χ2v) is 5.38. The third kappa shape index (κ3) is 2.82. The Morgan fingerprint density at radius 1 is 1.41 bits per heavy atom. The normalized spacial score (nSPS) is 16.9. The van der Waals surface area contributed by atoms with Gasteiger partial charge in [-0.05, 0) is 13.8 Å². The van der Waals surface area contributed by atoms with Gasteiger partial charge in [0, 0.05) is 17.8 Å². The lowest BCUT2D eigenvalue weighted by atomic mass is 10.4. The number of amides is 2. The van der Waals surface area contributed by atoms with E-state index in [1.54, 1.807) is 16.2 Å². The van der Waals surface area contributed by atoms with Gasteiger partial charge in [0.1, 0.15) is 5.01 Å². The number of rotatable bonds is 2. The lowest BCUT2D eigenvalue weighted by Gasteiger charge is -2.17. The molecule has 2 heterocycles. The molecule has 1 N–H and O–H groups in total. The molecule has 0 aromatic carbocycles. The van der Waals surface area contributed by atoms with Crippen LogP contribution in [0.5, 0.6) is 0 Å². The Kier molecular flexibility index (Phi) is 3.42. The van der Waals surface area contributed by atoms with Crippen molar-refractivity contribution in [2.24, 2.45) is 0 Å². The Bertz CT molecular complexity index is 436. The van der Waals surface area contributed by atoms with Gasteiger partial charge in [-0.15, -0.1) is 11.3 Å². The van der Waals surface area contributed by atoms with Gasteiger partial charge in [0.25, 0.3) is 0 Å². The summed E-state index contributed by atoms with van der Waals surface area (Å²) < 4.78 is 0. The molecule has 0 aliphatic carbocycles. The van der Waals surface area contributed by atoms with Crippen molar-refractivity contribution in [1.29, 1.82) is 0 Å². The first-order chi connectivity index (χ1) is 8.06. The van der Waals surface area contributed by atoms with Crippen LogP contribution < -0.4 is 5.32 Å². The second-order valence-electron chi connectivity index (χ2n) is 4.09. The van der Waals surface area contributed by atoms with Gasteiger partial charge >= 0.3 is 0 Å². The lowest BCUT2D eigenvalue weighted by molar-refractivity contribution is -0.130. The van der Waals surface area contributed by atoms with Crippen LogP contribution in [0, 0.1) is 13.8 Å². The van der Waals surface area contributed by atoms with E-state index in [-0.39, 0.29) is 18.4 Å². The quantitative estimate of drug-likeness (QED) is 0.840. The number of carbonyl (C=O) groups is 2. The van der Waals surface area contributed by atoms with Gasteiger partial charge in [0.15, 0.2) is 0 Å². The zero-order valence-electron chi connectivity index (χ0n) is 9.95. The molecule has 1 aliphatic heterocycles. The molecular weight excluding hydrogens is 238 g/mol. The number of aromatic nitrogens is 1. The minimum atomic E-state index is -0.0626. The van der Waals surface area contributed by atoms with Crippen LogP contribution in [-0.2, 0) is 16.1 Å². The van der Waals surface area contributed by atoms with Gasteiger partial charge in [-0.2, -0.15) is 0 Å². The van der Waals surface area contributed by atoms with Crippen molar-refractivity contribution in [3.05, 3.63) is 15.6 Å². The smallest absolute Gasteiger partial charge is 0.242 e. The fourth-order valence-electron chi connectivity index (χ4n) is 1.67. The van der Waals surface area contributed by atoms with Crippen molar-refractivity contribution in [1.82, 2.24) is 15.2 Å². The fraction of sp³-hybridized carbons (Fsp3) is 0.545. The fourth-order valence-corrected chi connectivity index (χ4v) is 2.62. The molecule has 92 valence electrons. The molecule has 0 bridgehead atoms. The van der Waals surface area contributed by atoms with Crippen molar-refractivity contribution >= 4 is 23.2 Å². The van der Waals surface area contributed by atoms with E-state index in [0.29, 0.717) is 19.5 Å². The van der Waals surface area contributed by atoms with Gasteiger partial charge in [-0.3, -0.25) is 9.59 Å². The summed E-state index contributed by atoms with van der Waals surface area (Å²) in [4.78, 5) is 30.2. The Morgan fingerprint density at radius 2 is 2.18 bits per heavy atom. The number of aryl methyl sites for hydroxylation is 2. The Hall–Kier alpha value is -1.43. The lowest BCUT2D eigenvalue weighted by Crippen LogP contribution is -2.34. The highest BCUT2D eigenvalue weighted by atomic mass is 32.1. The first kappa shape index (κ1) is 12.0. The molecule has 1 fully saturated rings. The summed E-state index contributed by atoms with van der Waals surface area (Å²) in [6.45, 7) is 5.06. The first-order valence-electron chi connectivity index (χ1n) is 5.53. The molecule has 1 saturated heterocycles. The third-order valence-corrected chi connectivity index (χ3v) is 3.85. The van der Waals surface area contributed by atoms with Crippen molar-refractivity contribution < 1.29 is 9.59 Å². The molecular formula is C11H15N3O2S. The van der Waals surface area contributed by atoms with Gasteiger partial charge in [-0.1, -0.05) is 0 Å². The number of nitrogens with zero attached hydrogens (tertiary/aromatic N) is 2. The summed E-state index contributed by atoms with van der Waals surface area (Å²) in [6.07, 6.45) is 0.370. The van der Waals surface area contributed by atoms with Crippen LogP contribution >= 0.6 is 11.3 Å². The van der Waals surface area contributed by atoms with Crippen LogP contribution in [0.15, 0.2) is 0 Å². The molecule has 5 nitrogen and oxygen atoms in total. The topological polar surface area (TPSA) is 62.3 Å². The van der Waals surface area contributed by atoms with Crippen molar-refractivity contribution in [3.63, 3.8) is 0 Å². The summed E-state index contributed by atoms with van der Waals surface area (Å²) in [5.41, 5.74) is 1.02. The Labute approximate surface area is 104 Å². The number of carbonyl (C=O) groups excluding carboxylic acids is 2. The van der Waals surface area contributed by atoms with Crippen LogP contribution in [0.2, 0.25) is 0 Å². The van der Waals surface area contributed by atoms with Crippen LogP contribution in [0.1, 0.15) is 22.0 Å². The minimum absolute atomic E-state index is 0.0404. The second kappa shape index (κ2) is 4.83. The Morgan fingerprint density at radius 3 is 2.82 bits per heavy atom. The van der Waals surface area contributed by atoms with Gasteiger partial charge in [0.2, 0.25) is 11.8 Å². The van der Waals surface area contributed by atoms with E-state index >= 15 is 0 Å². The zero-order valence-corrected chi connectivity index (χ0v) is 10.8. The molecule has 1 aromatic rings. The maximum absolute atomic E-state index is 11.7. The molecule has 1 aromatic heterocycles. The molecule has 2 amide bonds. The van der Waals surface area contributed by atoms with E-state index < -0.39 is 0 Å². The molecule has 6 heteroatoms. The maximum atomic E-state index is 11.7. The van der Waals surface area contributed by atoms with Crippen LogP contribution in [-0.4, -0.2) is 34.8 Å². The van der Waals surface area contributed by atoms with Gasteiger partial charge in [0.05, 0.1) is 18.8 Å². The summed E-state index contributed by atoms with van der Waals surface area (Å²) in [5, 5.41) is 3.51. The predicted molar refractivity (Wildman–Crippen MR) is 64.6 cm³/mol. The standard InChI is InChI=1S/C11H15N3O2S/c1-7-8(2)17-10(13-7)6-14-4-3-9(15)12-5-11(14)16/h3-6H2,1-2H3,(H,12,15). The van der Waals surface area contributed by atoms with Crippen LogP contribution in [0.25, 0.3) is 0 Å². The third-order valence-electron chi connectivity index (χ3n) is 2.80. The van der Waals surface area contributed by atoms with E-state index in [4.69, 9.17) is 0 Å². The molecule has 1 aliphatic rings. The van der Waals surface area contributed by atoms with Crippen molar-refractivity contribution in [2.75, 3.05) is 13.1 Å². The van der Waals surface area contributed by atoms with E-state index in [0.717, 1.165) is 10.7 Å². The largest absolute Gasteiger partial charge is 0.347 e. The molecule has 0 spiro atoms. The predicted octanol–water partition coefficient (Wildman–Crippen LogP) is 0.608. The highest BCUT2D eigenvalue weighted by Gasteiger charge is 2.21. The average Bonchev–Trinajstić information content (AvgIpc) is 2.51. The molecule has 0 radical (unpaired) electrons. The number of hydrogen-bond donors (Lipinski definition) is 1. The maximum Gasteiger partial charge on any atom is 0.242 e. The molecule has 0 saturated carbocycles.